The van der Waals surface area contributed by atoms with E-state index in [1.54, 1.807) is 97.1 Å². The average Bonchev–Trinajstić information content (AvgIpc) is 1.68. The molecule has 0 spiro atoms. The van der Waals surface area contributed by atoms with Crippen LogP contribution in [0.1, 0.15) is 81.9 Å². The molecule has 110 heavy (non-hydrogen) atoms. The van der Waals surface area contributed by atoms with E-state index < -0.39 is 95.1 Å². The van der Waals surface area contributed by atoms with E-state index in [1.165, 1.54) is 80.8 Å². The molecule has 3 saturated heterocycles. The van der Waals surface area contributed by atoms with Crippen molar-refractivity contribution in [3.63, 3.8) is 0 Å². The standard InChI is InChI=1S/C19H22N2O.4C13H13N3O5.CH4.ClH.2H2O/c1-2-13-12-21-10-8-14(13)11-18(21)19(22)16-7-9-20-17-6-4-3-5-15(16)17;4*1-13(12(17)18,9-3-5-10(21-2)6-4-9)15-7-11(14-8-15)16(19)20;;;;/h2-7,9,13-14,18-19,22H,1,8,10-12H2;4*3-8H,1-2H3,(H,17,18);1H4;1H;2*1H2/t13?,14?,18?,19-;2*13-;;;;;;/m011....../s1. The molecule has 8 heterocycles. The number of para-hydroxylation sites is 1. The number of methoxy groups -OCH3 is 4. The molecular weight excluding hydrogens is 1460 g/mol. The fourth-order valence-electron chi connectivity index (χ4n) is 12.1. The van der Waals surface area contributed by atoms with Crippen LogP contribution >= 0.6 is 12.4 Å². The van der Waals surface area contributed by atoms with Crippen LogP contribution in [0.2, 0.25) is 0 Å². The summed E-state index contributed by atoms with van der Waals surface area (Å²) in [7, 11) is 6.02. The summed E-state index contributed by atoms with van der Waals surface area (Å²) in [6.07, 6.45) is 14.7. The zero-order chi connectivity index (χ0) is 77.6. The first kappa shape index (κ1) is 89.3. The fourth-order valence-corrected chi connectivity index (χ4v) is 12.1. The van der Waals surface area contributed by atoms with Gasteiger partial charge < -0.3 is 95.9 Å². The minimum Gasteiger partial charge on any atom is -0.497 e. The highest BCUT2D eigenvalue weighted by atomic mass is 35.5. The van der Waals surface area contributed by atoms with Gasteiger partial charge in [0.2, 0.25) is 25.3 Å². The van der Waals surface area contributed by atoms with E-state index in [9.17, 15) is 85.2 Å². The van der Waals surface area contributed by atoms with Crippen molar-refractivity contribution < 1.29 is 94.3 Å². The minimum absolute atomic E-state index is 0. The summed E-state index contributed by atoms with van der Waals surface area (Å²) < 4.78 is 24.9. The maximum atomic E-state index is 11.7. The Morgan fingerprint density at radius 3 is 1.03 bits per heavy atom. The van der Waals surface area contributed by atoms with Gasteiger partial charge in [0.1, 0.15) is 47.8 Å². The van der Waals surface area contributed by atoms with E-state index in [1.807, 2.05) is 30.5 Å². The van der Waals surface area contributed by atoms with Gasteiger partial charge in [-0.1, -0.05) is 80.2 Å². The molecule has 5 aromatic heterocycles. The molecule has 9 atom stereocenters. The first-order valence-corrected chi connectivity index (χ1v) is 32.0. The Morgan fingerprint density at radius 2 is 0.791 bits per heavy atom. The van der Waals surface area contributed by atoms with Gasteiger partial charge in [0, 0.05) is 24.2 Å². The van der Waals surface area contributed by atoms with E-state index in [2.05, 4.69) is 48.5 Å². The van der Waals surface area contributed by atoms with Crippen molar-refractivity contribution in [1.29, 1.82) is 0 Å². The first-order valence-electron chi connectivity index (χ1n) is 32.0. The van der Waals surface area contributed by atoms with Gasteiger partial charge >= 0.3 is 47.1 Å². The van der Waals surface area contributed by atoms with Gasteiger partial charge in [0.25, 0.3) is 0 Å². The highest BCUT2D eigenvalue weighted by Crippen LogP contribution is 2.43. The summed E-state index contributed by atoms with van der Waals surface area (Å²) in [5, 5.41) is 93.1. The number of pyridine rings is 1. The van der Waals surface area contributed by atoms with Gasteiger partial charge in [-0.15, -0.1) is 19.0 Å². The summed E-state index contributed by atoms with van der Waals surface area (Å²) in [5.74, 6) is -2.63. The summed E-state index contributed by atoms with van der Waals surface area (Å²) in [6, 6.07) is 36.1. The first-order chi connectivity index (χ1) is 50.3. The van der Waals surface area contributed by atoms with Crippen LogP contribution in [-0.2, 0) is 41.3 Å². The molecule has 37 nitrogen and oxygen atoms in total. The second kappa shape index (κ2) is 37.9. The van der Waals surface area contributed by atoms with Crippen molar-refractivity contribution in [3.8, 4) is 23.0 Å². The molecule has 6 unspecified atom stereocenters. The molecular formula is C72H83ClN14O23. The summed E-state index contributed by atoms with van der Waals surface area (Å²) in [4.78, 5) is 108. The molecule has 0 aliphatic carbocycles. The summed E-state index contributed by atoms with van der Waals surface area (Å²) in [6.45, 7) is 11.9. The Morgan fingerprint density at radius 1 is 0.500 bits per heavy atom. The highest BCUT2D eigenvalue weighted by molar-refractivity contribution is 5.86. The lowest BCUT2D eigenvalue weighted by molar-refractivity contribution is -0.389. The van der Waals surface area contributed by atoms with Gasteiger partial charge in [-0.05, 0) is 187 Å². The van der Waals surface area contributed by atoms with Crippen molar-refractivity contribution >= 4 is 70.5 Å². The van der Waals surface area contributed by atoms with Gasteiger partial charge in [0.15, 0.2) is 22.2 Å². The SMILES string of the molecule is C.C=CC1CN2CCC1CC2[C@@H](O)c1ccnc2ccccc12.COc1ccc(C(C)(C(=O)O)n2cnc([N+](=O)[O-])c2)cc1.COc1ccc(C(C)(C(=O)O)n2cnc([N+](=O)[O-])c2)cc1.COc1ccc([C@](C)(C(=O)O)n2cnc([N+](=O)[O-])c2)cc1.COc1ccc([C@](C)(C(=O)O)n2cnc([N+](=O)[O-])c2)cc1.Cl.O.O. The smallest absolute Gasteiger partial charge is 0.381 e. The van der Waals surface area contributed by atoms with Crippen molar-refractivity contribution in [3.05, 3.63) is 265 Å². The molecule has 5 aromatic carbocycles. The normalized spacial score (nSPS) is 16.7. The molecule has 0 saturated carbocycles. The van der Waals surface area contributed by atoms with Gasteiger partial charge in [0.05, 0.1) is 40.1 Å². The molecule has 586 valence electrons. The number of halogens is 1. The lowest BCUT2D eigenvalue weighted by Gasteiger charge is -2.50. The van der Waals surface area contributed by atoms with E-state index >= 15 is 0 Å². The third-order valence-corrected chi connectivity index (χ3v) is 18.9. The average molecular weight is 1550 g/mol. The van der Waals surface area contributed by atoms with Gasteiger partial charge in [-0.3, -0.25) is 28.2 Å². The maximum Gasteiger partial charge on any atom is 0.381 e. The van der Waals surface area contributed by atoms with Crippen LogP contribution in [0.5, 0.6) is 23.0 Å². The predicted octanol–water partition coefficient (Wildman–Crippen LogP) is 9.17. The number of rotatable bonds is 23. The number of hydrogen-bond donors (Lipinski definition) is 5. The van der Waals surface area contributed by atoms with Crippen LogP contribution in [0.4, 0.5) is 23.3 Å². The number of aliphatic hydroxyl groups excluding tert-OH is 1. The number of imidazole rings is 4. The third kappa shape index (κ3) is 18.8. The summed E-state index contributed by atoms with van der Waals surface area (Å²) in [5.41, 5.74) is -2.27. The lowest BCUT2D eigenvalue weighted by Crippen LogP contribution is -2.54. The molecule has 9 N–H and O–H groups in total. The number of hydrogen-bond acceptors (Lipinski definition) is 23. The molecule has 0 amide bonds. The number of fused-ring (bicyclic) bond motifs is 4. The third-order valence-electron chi connectivity index (χ3n) is 18.9. The topological polar surface area (TPSA) is 529 Å². The molecule has 38 heteroatoms. The maximum absolute atomic E-state index is 11.7. The van der Waals surface area contributed by atoms with Gasteiger partial charge in [-0.25, -0.2) is 19.2 Å². The van der Waals surface area contributed by atoms with Crippen LogP contribution < -0.4 is 18.9 Å². The number of carboxylic acids is 4. The number of benzene rings is 5. The van der Waals surface area contributed by atoms with Crippen LogP contribution in [0.15, 0.2) is 196 Å². The van der Waals surface area contributed by atoms with Crippen LogP contribution in [0, 0.1) is 52.3 Å². The molecule has 3 aliphatic heterocycles. The number of carbonyl (C=O) groups is 4. The van der Waals surface area contributed by atoms with E-state index in [4.69, 9.17) is 18.9 Å². The molecule has 0 radical (unpaired) electrons. The second-order valence-electron chi connectivity index (χ2n) is 24.6. The highest BCUT2D eigenvalue weighted by Gasteiger charge is 2.45. The minimum atomic E-state index is -1.51. The Labute approximate surface area is 633 Å². The van der Waals surface area contributed by atoms with Crippen molar-refractivity contribution in [2.75, 3.05) is 41.5 Å². The Bertz CT molecular complexity index is 4340. The van der Waals surface area contributed by atoms with Crippen LogP contribution in [0.25, 0.3) is 10.9 Å². The molecule has 3 fully saturated rings. The monoisotopic (exact) mass is 1550 g/mol. The number of piperidine rings is 3. The number of aromatic nitrogens is 9. The number of aliphatic carboxylic acids is 4. The molecule has 2 bridgehead atoms. The number of ether oxygens (including phenoxy) is 4. The Balaban J connectivity index is 0.000000288. The number of carboxylic acid groups (broad SMARTS) is 4. The Kier molecular flexibility index (Phi) is 30.8. The quantitative estimate of drug-likeness (QED) is 0.0226. The fraction of sp³-hybridized carbons (Fsp3) is 0.292. The van der Waals surface area contributed by atoms with Crippen molar-refractivity contribution in [2.24, 2.45) is 11.8 Å². The zero-order valence-corrected chi connectivity index (χ0v) is 60.5. The van der Waals surface area contributed by atoms with E-state index in [0.717, 1.165) is 86.1 Å². The van der Waals surface area contributed by atoms with Crippen LogP contribution in [0.3, 0.4) is 0 Å². The summed E-state index contributed by atoms with van der Waals surface area (Å²) >= 11 is 0. The van der Waals surface area contributed by atoms with E-state index in [-0.39, 0.29) is 36.8 Å². The predicted molar refractivity (Wildman–Crippen MR) is 399 cm³/mol. The Hall–Kier alpha value is -13.1. The number of aliphatic hydroxyl groups is 1. The number of nitro groups is 4. The molecule has 13 rings (SSSR count). The molecule has 10 aromatic rings. The largest absolute Gasteiger partial charge is 0.497 e. The second-order valence-corrected chi connectivity index (χ2v) is 24.6. The zero-order valence-electron chi connectivity index (χ0n) is 59.7. The van der Waals surface area contributed by atoms with Gasteiger partial charge in [-0.2, -0.15) is 0 Å². The van der Waals surface area contributed by atoms with Crippen LogP contribution in [-0.4, -0.2) is 176 Å². The van der Waals surface area contributed by atoms with E-state index in [0.29, 0.717) is 57.1 Å². The van der Waals surface area contributed by atoms with Crippen molar-refractivity contribution in [2.45, 2.75) is 82.3 Å². The lowest BCUT2D eigenvalue weighted by atomic mass is 9.73. The number of nitrogens with zero attached hydrogens (tertiary/aromatic N) is 14. The van der Waals surface area contributed by atoms with Crippen molar-refractivity contribution in [1.82, 2.24) is 48.1 Å². The molecule has 3 aliphatic rings.